The Morgan fingerprint density at radius 2 is 1.88 bits per heavy atom. The van der Waals surface area contributed by atoms with E-state index in [1.165, 1.54) is 11.4 Å². The van der Waals surface area contributed by atoms with Gasteiger partial charge in [-0.25, -0.2) is 10.0 Å². The van der Waals surface area contributed by atoms with Crippen LogP contribution in [0.1, 0.15) is 13.8 Å². The zero-order valence-corrected chi connectivity index (χ0v) is 10.1. The van der Waals surface area contributed by atoms with Crippen molar-refractivity contribution in [3.8, 4) is 0 Å². The fraction of sp³-hybridized carbons (Fsp3) is 0.214. The highest BCUT2D eigenvalue weighted by Gasteiger charge is 2.27. The Hall–Kier alpha value is -2.03. The maximum Gasteiger partial charge on any atom is 0.149 e. The molecule has 2 heterocycles. The Morgan fingerprint density at radius 3 is 2.65 bits per heavy atom. The SMILES string of the molecule is CC1=CC(C)=NC2=CCN(c3ccccc3)N12. The molecule has 0 radical (unpaired) electrons. The van der Waals surface area contributed by atoms with Gasteiger partial charge in [0.2, 0.25) is 0 Å². The van der Waals surface area contributed by atoms with Gasteiger partial charge in [0.1, 0.15) is 5.82 Å². The zero-order valence-electron chi connectivity index (χ0n) is 10.1. The smallest absolute Gasteiger partial charge is 0.149 e. The van der Waals surface area contributed by atoms with Gasteiger partial charge in [-0.15, -0.1) is 0 Å². The first kappa shape index (κ1) is 10.1. The number of hydrogen-bond acceptors (Lipinski definition) is 3. The van der Waals surface area contributed by atoms with Crippen LogP contribution in [0.15, 0.2) is 59.0 Å². The molecule has 0 atom stereocenters. The largest absolute Gasteiger partial charge is 0.276 e. The summed E-state index contributed by atoms with van der Waals surface area (Å²) in [5.41, 5.74) is 3.48. The van der Waals surface area contributed by atoms with Gasteiger partial charge in [-0.2, -0.15) is 0 Å². The van der Waals surface area contributed by atoms with Crippen molar-refractivity contribution in [2.24, 2.45) is 4.99 Å². The topological polar surface area (TPSA) is 18.8 Å². The van der Waals surface area contributed by atoms with Crippen molar-refractivity contribution in [1.82, 2.24) is 5.01 Å². The molecule has 0 unspecified atom stereocenters. The molecule has 3 rings (SSSR count). The van der Waals surface area contributed by atoms with Gasteiger partial charge in [-0.3, -0.25) is 5.01 Å². The molecule has 0 N–H and O–H groups in total. The van der Waals surface area contributed by atoms with Crippen molar-refractivity contribution in [2.75, 3.05) is 11.6 Å². The number of anilines is 1. The molecule has 1 aromatic carbocycles. The van der Waals surface area contributed by atoms with Crippen LogP contribution in [0, 0.1) is 0 Å². The highest BCUT2D eigenvalue weighted by molar-refractivity contribution is 5.95. The fourth-order valence-electron chi connectivity index (χ4n) is 2.32. The van der Waals surface area contributed by atoms with E-state index >= 15 is 0 Å². The average Bonchev–Trinajstić information content (AvgIpc) is 2.74. The molecule has 3 nitrogen and oxygen atoms in total. The first-order chi connectivity index (χ1) is 8.25. The van der Waals surface area contributed by atoms with E-state index in [9.17, 15) is 0 Å². The number of nitrogens with zero attached hydrogens (tertiary/aromatic N) is 3. The van der Waals surface area contributed by atoms with Crippen LogP contribution in [0.4, 0.5) is 5.69 Å². The summed E-state index contributed by atoms with van der Waals surface area (Å²) in [4.78, 5) is 4.56. The maximum absolute atomic E-state index is 4.56. The number of aliphatic imine (C=N–C) groups is 1. The maximum atomic E-state index is 4.56. The molecule has 1 aromatic rings. The van der Waals surface area contributed by atoms with E-state index in [1.54, 1.807) is 0 Å². The molecule has 2 aliphatic rings. The van der Waals surface area contributed by atoms with Crippen LogP contribution < -0.4 is 5.01 Å². The van der Waals surface area contributed by atoms with Crippen LogP contribution in [0.3, 0.4) is 0 Å². The van der Waals surface area contributed by atoms with Gasteiger partial charge in [-0.1, -0.05) is 18.2 Å². The number of rotatable bonds is 1. The average molecular weight is 225 g/mol. The third-order valence-electron chi connectivity index (χ3n) is 3.00. The Bertz CT molecular complexity index is 526. The summed E-state index contributed by atoms with van der Waals surface area (Å²) in [6.45, 7) is 5.03. The van der Waals surface area contributed by atoms with Gasteiger partial charge in [0.05, 0.1) is 12.2 Å². The van der Waals surface area contributed by atoms with Crippen LogP contribution in [0.2, 0.25) is 0 Å². The van der Waals surface area contributed by atoms with Gasteiger partial charge in [-0.05, 0) is 38.1 Å². The Labute approximate surface area is 101 Å². The second-order valence-corrected chi connectivity index (χ2v) is 4.33. The zero-order chi connectivity index (χ0) is 11.8. The summed E-state index contributed by atoms with van der Waals surface area (Å²) < 4.78 is 0. The second kappa shape index (κ2) is 3.77. The van der Waals surface area contributed by atoms with E-state index in [-0.39, 0.29) is 0 Å². The molecular formula is C14H15N3. The molecule has 17 heavy (non-hydrogen) atoms. The number of para-hydroxylation sites is 1. The lowest BCUT2D eigenvalue weighted by Gasteiger charge is -2.34. The molecule has 0 spiro atoms. The van der Waals surface area contributed by atoms with Crippen molar-refractivity contribution < 1.29 is 0 Å². The molecule has 0 bridgehead atoms. The summed E-state index contributed by atoms with van der Waals surface area (Å²) in [6, 6.07) is 10.4. The molecule has 0 amide bonds. The molecule has 3 heteroatoms. The first-order valence-corrected chi connectivity index (χ1v) is 5.82. The number of benzene rings is 1. The minimum absolute atomic E-state index is 0.876. The van der Waals surface area contributed by atoms with Gasteiger partial charge >= 0.3 is 0 Å². The van der Waals surface area contributed by atoms with Crippen molar-refractivity contribution in [1.29, 1.82) is 0 Å². The fourth-order valence-corrected chi connectivity index (χ4v) is 2.32. The van der Waals surface area contributed by atoms with Gasteiger partial charge < -0.3 is 0 Å². The summed E-state index contributed by atoms with van der Waals surface area (Å²) in [6.07, 6.45) is 4.27. The molecule has 86 valence electrons. The molecular weight excluding hydrogens is 210 g/mol. The Balaban J connectivity index is 1.97. The van der Waals surface area contributed by atoms with Gasteiger partial charge in [0.15, 0.2) is 0 Å². The van der Waals surface area contributed by atoms with Crippen molar-refractivity contribution in [3.05, 3.63) is 54.0 Å². The van der Waals surface area contributed by atoms with Crippen molar-refractivity contribution >= 4 is 11.4 Å². The summed E-state index contributed by atoms with van der Waals surface area (Å²) in [5, 5.41) is 4.40. The van der Waals surface area contributed by atoms with Crippen molar-refractivity contribution in [2.45, 2.75) is 13.8 Å². The van der Waals surface area contributed by atoms with Crippen LogP contribution >= 0.6 is 0 Å². The van der Waals surface area contributed by atoms with Crippen LogP contribution in [-0.2, 0) is 0 Å². The van der Waals surface area contributed by atoms with Crippen LogP contribution in [0.25, 0.3) is 0 Å². The first-order valence-electron chi connectivity index (χ1n) is 5.82. The summed E-state index contributed by atoms with van der Waals surface area (Å²) in [5.74, 6) is 1.03. The number of hydrazine groups is 1. The lowest BCUT2D eigenvalue weighted by atomic mass is 10.3. The van der Waals surface area contributed by atoms with E-state index < -0.39 is 0 Å². The highest BCUT2D eigenvalue weighted by atomic mass is 15.7. The minimum Gasteiger partial charge on any atom is -0.276 e. The predicted octanol–water partition coefficient (Wildman–Crippen LogP) is 2.94. The molecule has 2 aliphatic heterocycles. The number of hydrogen-bond donors (Lipinski definition) is 0. The van der Waals surface area contributed by atoms with E-state index in [0.29, 0.717) is 0 Å². The Kier molecular flexibility index (Phi) is 2.25. The third-order valence-corrected chi connectivity index (χ3v) is 3.00. The van der Waals surface area contributed by atoms with Crippen LogP contribution in [0.5, 0.6) is 0 Å². The third kappa shape index (κ3) is 1.64. The van der Waals surface area contributed by atoms with Crippen LogP contribution in [-0.4, -0.2) is 17.3 Å². The monoisotopic (exact) mass is 225 g/mol. The van der Waals surface area contributed by atoms with Crippen molar-refractivity contribution in [3.63, 3.8) is 0 Å². The highest BCUT2D eigenvalue weighted by Crippen LogP contribution is 2.30. The van der Waals surface area contributed by atoms with Gasteiger partial charge in [0, 0.05) is 11.4 Å². The van der Waals surface area contributed by atoms with E-state index in [4.69, 9.17) is 0 Å². The number of fused-ring (bicyclic) bond motifs is 1. The predicted molar refractivity (Wildman–Crippen MR) is 70.6 cm³/mol. The van der Waals surface area contributed by atoms with E-state index in [0.717, 1.165) is 18.1 Å². The normalized spacial score (nSPS) is 18.6. The van der Waals surface area contributed by atoms with Gasteiger partial charge in [0.25, 0.3) is 0 Å². The molecule has 0 aliphatic carbocycles. The molecule has 0 aromatic heterocycles. The second-order valence-electron chi connectivity index (χ2n) is 4.33. The Morgan fingerprint density at radius 1 is 1.12 bits per heavy atom. The quantitative estimate of drug-likeness (QED) is 0.731. The van der Waals surface area contributed by atoms with E-state index in [1.807, 2.05) is 13.0 Å². The van der Waals surface area contributed by atoms with E-state index in [2.05, 4.69) is 58.4 Å². The standard InChI is InChI=1S/C14H15N3/c1-11-10-12(2)17-14(15-11)8-9-16(17)13-6-4-3-5-7-13/h3-8,10H,9H2,1-2H3. The lowest BCUT2D eigenvalue weighted by molar-refractivity contribution is 0.424. The minimum atomic E-state index is 0.876. The summed E-state index contributed by atoms with van der Waals surface area (Å²) in [7, 11) is 0. The molecule has 0 fully saturated rings. The molecule has 0 saturated heterocycles. The summed E-state index contributed by atoms with van der Waals surface area (Å²) >= 11 is 0. The number of allylic oxidation sites excluding steroid dienone is 2. The molecule has 0 saturated carbocycles. The lowest BCUT2D eigenvalue weighted by Crippen LogP contribution is -2.37.